The predicted octanol–water partition coefficient (Wildman–Crippen LogP) is 0.889. The smallest absolute Gasteiger partial charge is 0.0134 e. The van der Waals surface area contributed by atoms with Gasteiger partial charge in [0.25, 0.3) is 0 Å². The largest absolute Gasteiger partial charge is 0.328 e. The molecule has 10 heavy (non-hydrogen) atoms. The molecule has 0 amide bonds. The first-order valence-electron chi connectivity index (χ1n) is 3.84. The number of allylic oxidation sites excluding steroid dienone is 1. The molecule has 0 aromatic rings. The van der Waals surface area contributed by atoms with Crippen LogP contribution in [0, 0.1) is 0 Å². The Balaban J connectivity index is 2.91. The van der Waals surface area contributed by atoms with Gasteiger partial charge in [0.05, 0.1) is 0 Å². The molecule has 0 aromatic carbocycles. The van der Waals surface area contributed by atoms with E-state index in [0.29, 0.717) is 6.04 Å². The SMILES string of the molecule is CC=CCNCCC(C)N. The van der Waals surface area contributed by atoms with Crippen molar-refractivity contribution in [3.8, 4) is 0 Å². The van der Waals surface area contributed by atoms with Crippen molar-refractivity contribution in [2.75, 3.05) is 13.1 Å². The molecule has 1 unspecified atom stereocenters. The molecule has 0 radical (unpaired) electrons. The number of nitrogens with one attached hydrogen (secondary N) is 1. The van der Waals surface area contributed by atoms with Crippen LogP contribution in [0.5, 0.6) is 0 Å². The lowest BCUT2D eigenvalue weighted by atomic mass is 10.2. The fourth-order valence-corrected chi connectivity index (χ4v) is 0.633. The van der Waals surface area contributed by atoms with E-state index in [4.69, 9.17) is 5.73 Å². The minimum atomic E-state index is 0.318. The highest BCUT2D eigenvalue weighted by molar-refractivity contribution is 4.79. The Kier molecular flexibility index (Phi) is 6.55. The van der Waals surface area contributed by atoms with Crippen LogP contribution in [-0.4, -0.2) is 19.1 Å². The fraction of sp³-hybridized carbons (Fsp3) is 0.750. The van der Waals surface area contributed by atoms with Gasteiger partial charge in [0.1, 0.15) is 0 Å². The van der Waals surface area contributed by atoms with E-state index in [-0.39, 0.29) is 0 Å². The third-order valence-corrected chi connectivity index (χ3v) is 1.27. The summed E-state index contributed by atoms with van der Waals surface area (Å²) in [6.07, 6.45) is 5.19. The highest BCUT2D eigenvalue weighted by atomic mass is 14.8. The second-order valence-electron chi connectivity index (χ2n) is 2.54. The Morgan fingerprint density at radius 2 is 2.30 bits per heavy atom. The second-order valence-corrected chi connectivity index (χ2v) is 2.54. The molecule has 0 aliphatic rings. The third kappa shape index (κ3) is 7.66. The van der Waals surface area contributed by atoms with Crippen molar-refractivity contribution < 1.29 is 0 Å². The number of hydrogen-bond donors (Lipinski definition) is 2. The molecule has 2 nitrogen and oxygen atoms in total. The molecule has 0 saturated carbocycles. The zero-order chi connectivity index (χ0) is 7.82. The highest BCUT2D eigenvalue weighted by Crippen LogP contribution is 1.81. The molecule has 0 aliphatic carbocycles. The van der Waals surface area contributed by atoms with Gasteiger partial charge in [0, 0.05) is 12.6 Å². The summed E-state index contributed by atoms with van der Waals surface area (Å²) in [5.74, 6) is 0. The van der Waals surface area contributed by atoms with Crippen molar-refractivity contribution in [3.63, 3.8) is 0 Å². The van der Waals surface area contributed by atoms with Gasteiger partial charge < -0.3 is 11.1 Å². The molecule has 0 aliphatic heterocycles. The van der Waals surface area contributed by atoms with Gasteiger partial charge in [-0.1, -0.05) is 12.2 Å². The van der Waals surface area contributed by atoms with Gasteiger partial charge in [0.15, 0.2) is 0 Å². The van der Waals surface area contributed by atoms with Crippen molar-refractivity contribution in [1.82, 2.24) is 5.32 Å². The summed E-state index contributed by atoms with van der Waals surface area (Å²) in [6, 6.07) is 0.318. The average Bonchev–Trinajstić information content (AvgIpc) is 1.87. The molecule has 0 bridgehead atoms. The molecule has 0 saturated heterocycles. The van der Waals surface area contributed by atoms with Crippen molar-refractivity contribution in [1.29, 1.82) is 0 Å². The maximum Gasteiger partial charge on any atom is 0.0134 e. The van der Waals surface area contributed by atoms with E-state index in [1.807, 2.05) is 19.9 Å². The molecule has 0 spiro atoms. The van der Waals surface area contributed by atoms with Crippen molar-refractivity contribution in [2.45, 2.75) is 26.3 Å². The van der Waals surface area contributed by atoms with Crippen LogP contribution in [0.1, 0.15) is 20.3 Å². The van der Waals surface area contributed by atoms with Gasteiger partial charge in [0.2, 0.25) is 0 Å². The Hall–Kier alpha value is -0.340. The van der Waals surface area contributed by atoms with Crippen molar-refractivity contribution >= 4 is 0 Å². The second kappa shape index (κ2) is 6.78. The maximum absolute atomic E-state index is 5.55. The molecular weight excluding hydrogens is 124 g/mol. The van der Waals surface area contributed by atoms with Crippen LogP contribution >= 0.6 is 0 Å². The summed E-state index contributed by atoms with van der Waals surface area (Å²) in [6.45, 7) is 6.02. The van der Waals surface area contributed by atoms with Gasteiger partial charge in [-0.15, -0.1) is 0 Å². The number of hydrogen-bond acceptors (Lipinski definition) is 2. The molecule has 0 aromatic heterocycles. The van der Waals surface area contributed by atoms with Crippen LogP contribution in [-0.2, 0) is 0 Å². The van der Waals surface area contributed by atoms with Gasteiger partial charge in [-0.3, -0.25) is 0 Å². The predicted molar refractivity (Wildman–Crippen MR) is 46.0 cm³/mol. The van der Waals surface area contributed by atoms with E-state index in [2.05, 4.69) is 11.4 Å². The summed E-state index contributed by atoms with van der Waals surface area (Å²) in [5, 5.41) is 3.25. The van der Waals surface area contributed by atoms with E-state index in [0.717, 1.165) is 19.5 Å². The van der Waals surface area contributed by atoms with Gasteiger partial charge in [-0.05, 0) is 26.8 Å². The van der Waals surface area contributed by atoms with Crippen LogP contribution in [0.25, 0.3) is 0 Å². The summed E-state index contributed by atoms with van der Waals surface area (Å²) in [4.78, 5) is 0. The molecule has 2 heteroatoms. The maximum atomic E-state index is 5.55. The first kappa shape index (κ1) is 9.66. The molecule has 0 heterocycles. The summed E-state index contributed by atoms with van der Waals surface area (Å²) in [5.41, 5.74) is 5.55. The van der Waals surface area contributed by atoms with Crippen LogP contribution in [0.4, 0.5) is 0 Å². The van der Waals surface area contributed by atoms with Crippen molar-refractivity contribution in [2.24, 2.45) is 5.73 Å². The van der Waals surface area contributed by atoms with E-state index in [1.54, 1.807) is 0 Å². The van der Waals surface area contributed by atoms with Crippen LogP contribution < -0.4 is 11.1 Å². The lowest BCUT2D eigenvalue weighted by Gasteiger charge is -2.03. The van der Waals surface area contributed by atoms with Crippen LogP contribution in [0.15, 0.2) is 12.2 Å². The molecule has 0 fully saturated rings. The minimum absolute atomic E-state index is 0.318. The van der Waals surface area contributed by atoms with Crippen LogP contribution in [0.2, 0.25) is 0 Å². The fourth-order valence-electron chi connectivity index (χ4n) is 0.633. The molecule has 1 atom stereocenters. The molecule has 0 rings (SSSR count). The van der Waals surface area contributed by atoms with E-state index in [1.165, 1.54) is 0 Å². The highest BCUT2D eigenvalue weighted by Gasteiger charge is 1.90. The minimum Gasteiger partial charge on any atom is -0.328 e. The Morgan fingerprint density at radius 3 is 2.80 bits per heavy atom. The Bertz CT molecular complexity index is 87.3. The van der Waals surface area contributed by atoms with E-state index < -0.39 is 0 Å². The zero-order valence-electron chi connectivity index (χ0n) is 6.93. The molecule has 3 N–H and O–H groups in total. The average molecular weight is 142 g/mol. The van der Waals surface area contributed by atoms with E-state index in [9.17, 15) is 0 Å². The monoisotopic (exact) mass is 142 g/mol. The van der Waals surface area contributed by atoms with E-state index >= 15 is 0 Å². The lowest BCUT2D eigenvalue weighted by molar-refractivity contribution is 0.612. The Labute approximate surface area is 63.5 Å². The topological polar surface area (TPSA) is 38.0 Å². The normalized spacial score (nSPS) is 14.3. The van der Waals surface area contributed by atoms with Gasteiger partial charge in [-0.25, -0.2) is 0 Å². The van der Waals surface area contributed by atoms with Crippen LogP contribution in [0.3, 0.4) is 0 Å². The standard InChI is InChI=1S/C8H18N2/c1-3-4-6-10-7-5-8(2)9/h3-4,8,10H,5-7,9H2,1-2H3. The third-order valence-electron chi connectivity index (χ3n) is 1.27. The van der Waals surface area contributed by atoms with Gasteiger partial charge >= 0.3 is 0 Å². The molecular formula is C8H18N2. The molecule has 60 valence electrons. The number of nitrogens with two attached hydrogens (primary N) is 1. The Morgan fingerprint density at radius 1 is 1.60 bits per heavy atom. The zero-order valence-corrected chi connectivity index (χ0v) is 6.93. The quantitative estimate of drug-likeness (QED) is 0.442. The summed E-state index contributed by atoms with van der Waals surface area (Å²) < 4.78 is 0. The van der Waals surface area contributed by atoms with Crippen molar-refractivity contribution in [3.05, 3.63) is 12.2 Å². The summed E-state index contributed by atoms with van der Waals surface area (Å²) in [7, 11) is 0. The summed E-state index contributed by atoms with van der Waals surface area (Å²) >= 11 is 0. The van der Waals surface area contributed by atoms with Gasteiger partial charge in [-0.2, -0.15) is 0 Å². The first-order chi connectivity index (χ1) is 4.77. The first-order valence-corrected chi connectivity index (χ1v) is 3.84. The number of rotatable bonds is 5. The lowest BCUT2D eigenvalue weighted by Crippen LogP contribution is -2.23.